The Balaban J connectivity index is 1.72. The number of Topliss-reactive ketones (excluding diaryl/α,β-unsaturated/α-hetero) is 3. The second kappa shape index (κ2) is 8.28. The zero-order valence-corrected chi connectivity index (χ0v) is 20.7. The fourth-order valence-electron chi connectivity index (χ4n) is 6.28. The van der Waals surface area contributed by atoms with Crippen molar-refractivity contribution in [1.82, 2.24) is 4.90 Å². The average Bonchev–Trinajstić information content (AvgIpc) is 3.32. The third-order valence-corrected chi connectivity index (χ3v) is 7.82. The number of ketones is 3. The van der Waals surface area contributed by atoms with Gasteiger partial charge in [-0.2, -0.15) is 0 Å². The number of furan rings is 1. The van der Waals surface area contributed by atoms with Gasteiger partial charge in [-0.15, -0.1) is 0 Å². The average molecular weight is 492 g/mol. The predicted molar refractivity (Wildman–Crippen MR) is 130 cm³/mol. The molecule has 3 atom stereocenters. The van der Waals surface area contributed by atoms with Crippen molar-refractivity contribution < 1.29 is 34.1 Å². The molecule has 3 N–H and O–H groups in total. The van der Waals surface area contributed by atoms with Crippen molar-refractivity contribution in [3.05, 3.63) is 63.8 Å². The lowest BCUT2D eigenvalue weighted by atomic mass is 9.59. The van der Waals surface area contributed by atoms with E-state index in [1.54, 1.807) is 19.3 Å². The van der Waals surface area contributed by atoms with Gasteiger partial charge in [0.25, 0.3) is 0 Å². The quantitative estimate of drug-likeness (QED) is 0.555. The predicted octanol–water partition coefficient (Wildman–Crippen LogP) is 3.51. The molecule has 0 spiro atoms. The molecule has 2 aromatic rings. The van der Waals surface area contributed by atoms with Gasteiger partial charge in [-0.05, 0) is 76.4 Å². The van der Waals surface area contributed by atoms with E-state index in [4.69, 9.17) is 4.42 Å². The Morgan fingerprint density at radius 1 is 1.22 bits per heavy atom. The Hall–Kier alpha value is -3.49. The van der Waals surface area contributed by atoms with Crippen molar-refractivity contribution >= 4 is 17.3 Å². The van der Waals surface area contributed by atoms with Crippen LogP contribution in [0.4, 0.5) is 0 Å². The van der Waals surface area contributed by atoms with Crippen molar-refractivity contribution in [3.8, 4) is 16.9 Å². The summed E-state index contributed by atoms with van der Waals surface area (Å²) in [5, 5.41) is 34.1. The number of carbonyl (C=O) groups excluding carboxylic acids is 3. The molecule has 8 heteroatoms. The summed E-state index contributed by atoms with van der Waals surface area (Å²) in [6.45, 7) is 3.30. The molecule has 1 aromatic heterocycles. The van der Waals surface area contributed by atoms with E-state index in [0.29, 0.717) is 29.7 Å². The maximum Gasteiger partial charge on any atom is 0.205 e. The summed E-state index contributed by atoms with van der Waals surface area (Å²) in [7, 11) is 3.69. The lowest BCUT2D eigenvalue weighted by Crippen LogP contribution is -2.56. The van der Waals surface area contributed by atoms with Gasteiger partial charge in [0, 0.05) is 29.2 Å². The molecular weight excluding hydrogens is 462 g/mol. The van der Waals surface area contributed by atoms with Crippen molar-refractivity contribution in [1.29, 1.82) is 0 Å². The first kappa shape index (κ1) is 24.2. The Kier molecular flexibility index (Phi) is 5.57. The normalized spacial score (nSPS) is 25.7. The summed E-state index contributed by atoms with van der Waals surface area (Å²) in [5.74, 6) is -3.97. The number of aliphatic hydroxyl groups excluding tert-OH is 1. The van der Waals surface area contributed by atoms with E-state index in [2.05, 4.69) is 0 Å². The number of rotatable bonds is 4. The smallest absolute Gasteiger partial charge is 0.205 e. The second-order valence-corrected chi connectivity index (χ2v) is 10.5. The molecule has 3 aliphatic rings. The van der Waals surface area contributed by atoms with Gasteiger partial charge < -0.3 is 24.6 Å². The standard InChI is InChI=1S/C28H29NO7/c1-13-7-18-8-16-9-20-19(15-5-6-36-12-15)10-17(11-29(3)4)24(31)23(20)25(32)22(16)27(34)28(18,35)26(33)21(13)14(2)30/h5-6,10,12,16,18,31,34-35H,7-9,11H2,1-4H3/t16-,18-,28-/m1/s1. The Labute approximate surface area is 208 Å². The summed E-state index contributed by atoms with van der Waals surface area (Å²) < 4.78 is 5.29. The first-order valence-corrected chi connectivity index (χ1v) is 12.0. The van der Waals surface area contributed by atoms with Gasteiger partial charge in [0.1, 0.15) is 11.5 Å². The number of nitrogens with zero attached hydrogens (tertiary/aromatic N) is 1. The fourth-order valence-corrected chi connectivity index (χ4v) is 6.28. The molecule has 0 aliphatic heterocycles. The topological polar surface area (TPSA) is 128 Å². The number of benzene rings is 1. The Bertz CT molecular complexity index is 1380. The molecule has 0 saturated heterocycles. The van der Waals surface area contributed by atoms with E-state index in [9.17, 15) is 29.7 Å². The molecule has 0 unspecified atom stereocenters. The van der Waals surface area contributed by atoms with Gasteiger partial charge in [-0.1, -0.05) is 5.57 Å². The summed E-state index contributed by atoms with van der Waals surface area (Å²) in [6.07, 6.45) is 3.99. The minimum atomic E-state index is -2.34. The maximum atomic E-state index is 13.9. The molecule has 0 saturated carbocycles. The van der Waals surface area contributed by atoms with E-state index in [1.165, 1.54) is 13.2 Å². The number of phenolic OH excluding ortho intramolecular Hbond substituents is 1. The molecule has 36 heavy (non-hydrogen) atoms. The van der Waals surface area contributed by atoms with E-state index < -0.39 is 40.5 Å². The lowest BCUT2D eigenvalue weighted by Gasteiger charge is -2.46. The first-order valence-electron chi connectivity index (χ1n) is 12.0. The number of fused-ring (bicyclic) bond motifs is 3. The molecule has 0 amide bonds. The summed E-state index contributed by atoms with van der Waals surface area (Å²) in [5.41, 5.74) is 0.806. The van der Waals surface area contributed by atoms with Gasteiger partial charge in [0.05, 0.1) is 23.7 Å². The first-order chi connectivity index (χ1) is 17.0. The molecule has 1 heterocycles. The maximum absolute atomic E-state index is 13.9. The van der Waals surface area contributed by atoms with E-state index in [0.717, 1.165) is 11.1 Å². The van der Waals surface area contributed by atoms with Gasteiger partial charge >= 0.3 is 0 Å². The van der Waals surface area contributed by atoms with Crippen LogP contribution in [0.3, 0.4) is 0 Å². The number of hydrogen-bond donors (Lipinski definition) is 3. The summed E-state index contributed by atoms with van der Waals surface area (Å²) >= 11 is 0. The van der Waals surface area contributed by atoms with Gasteiger partial charge in [0.15, 0.2) is 17.2 Å². The van der Waals surface area contributed by atoms with Crippen LogP contribution in [0.1, 0.15) is 48.2 Å². The van der Waals surface area contributed by atoms with Crippen molar-refractivity contribution in [3.63, 3.8) is 0 Å². The lowest BCUT2D eigenvalue weighted by molar-refractivity contribution is -0.143. The van der Waals surface area contributed by atoms with E-state index in [-0.39, 0.29) is 35.3 Å². The van der Waals surface area contributed by atoms with Crippen LogP contribution in [-0.2, 0) is 22.6 Å². The molecule has 0 bridgehead atoms. The molecular formula is C28H29NO7. The zero-order valence-electron chi connectivity index (χ0n) is 20.7. The number of aliphatic hydroxyl groups is 2. The van der Waals surface area contributed by atoms with Crippen LogP contribution in [0.5, 0.6) is 5.75 Å². The Morgan fingerprint density at radius 2 is 1.94 bits per heavy atom. The highest BCUT2D eigenvalue weighted by molar-refractivity contribution is 6.25. The number of carbonyl (C=O) groups is 3. The molecule has 3 aliphatic carbocycles. The van der Waals surface area contributed by atoms with Crippen molar-refractivity contribution in [2.24, 2.45) is 11.8 Å². The van der Waals surface area contributed by atoms with Gasteiger partial charge in [0.2, 0.25) is 5.78 Å². The van der Waals surface area contributed by atoms with E-state index >= 15 is 0 Å². The van der Waals surface area contributed by atoms with Crippen LogP contribution < -0.4 is 0 Å². The highest BCUT2D eigenvalue weighted by Crippen LogP contribution is 2.53. The minimum absolute atomic E-state index is 0.0622. The monoisotopic (exact) mass is 491 g/mol. The fraction of sp³-hybridized carbons (Fsp3) is 0.393. The molecule has 0 radical (unpaired) electrons. The van der Waals surface area contributed by atoms with Gasteiger partial charge in [-0.25, -0.2) is 0 Å². The molecule has 188 valence electrons. The highest BCUT2D eigenvalue weighted by Gasteiger charge is 2.58. The highest BCUT2D eigenvalue weighted by atomic mass is 16.3. The largest absolute Gasteiger partial charge is 0.508 e. The molecule has 8 nitrogen and oxygen atoms in total. The number of aromatic hydroxyl groups is 1. The van der Waals surface area contributed by atoms with Gasteiger partial charge in [-0.3, -0.25) is 14.4 Å². The summed E-state index contributed by atoms with van der Waals surface area (Å²) in [6, 6.07) is 3.65. The zero-order chi connectivity index (χ0) is 26.1. The SMILES string of the molecule is CC(=O)C1=C(C)C[C@@H]2C[C@@H]3Cc4c(-c5ccoc5)cc(CN(C)C)c(O)c4C(=O)C3=C(O)[C@]2(O)C1=O. The van der Waals surface area contributed by atoms with E-state index in [1.807, 2.05) is 25.1 Å². The number of hydrogen-bond acceptors (Lipinski definition) is 8. The van der Waals surface area contributed by atoms with Crippen LogP contribution in [0.2, 0.25) is 0 Å². The summed E-state index contributed by atoms with van der Waals surface area (Å²) in [4.78, 5) is 41.3. The van der Waals surface area contributed by atoms with Crippen LogP contribution >= 0.6 is 0 Å². The molecule has 5 rings (SSSR count). The van der Waals surface area contributed by atoms with Crippen molar-refractivity contribution in [2.45, 2.75) is 45.3 Å². The number of allylic oxidation sites excluding steroid dienone is 2. The van der Waals surface area contributed by atoms with Crippen LogP contribution in [-0.4, -0.2) is 57.3 Å². The third-order valence-electron chi connectivity index (χ3n) is 7.82. The molecule has 0 fully saturated rings. The third kappa shape index (κ3) is 3.32. The second-order valence-electron chi connectivity index (χ2n) is 10.5. The van der Waals surface area contributed by atoms with Crippen LogP contribution in [0.25, 0.3) is 11.1 Å². The minimum Gasteiger partial charge on any atom is -0.508 e. The van der Waals surface area contributed by atoms with Crippen LogP contribution in [0.15, 0.2) is 51.6 Å². The number of phenols is 1. The van der Waals surface area contributed by atoms with Crippen LogP contribution in [0, 0.1) is 11.8 Å². The Morgan fingerprint density at radius 3 is 2.56 bits per heavy atom. The van der Waals surface area contributed by atoms with Crippen molar-refractivity contribution in [2.75, 3.05) is 14.1 Å². The molecule has 1 aromatic carbocycles.